The predicted molar refractivity (Wildman–Crippen MR) is 73.6 cm³/mol. The molecule has 1 aromatic heterocycles. The number of aromatic nitrogens is 1. The zero-order chi connectivity index (χ0) is 14.8. The second-order valence-corrected chi connectivity index (χ2v) is 5.04. The summed E-state index contributed by atoms with van der Waals surface area (Å²) in [5, 5.41) is 0. The van der Waals surface area contributed by atoms with Crippen molar-refractivity contribution in [2.24, 2.45) is 0 Å². The maximum atomic E-state index is 13.3. The van der Waals surface area contributed by atoms with E-state index in [1.54, 1.807) is 11.1 Å². The summed E-state index contributed by atoms with van der Waals surface area (Å²) in [6.45, 7) is 0.596. The summed E-state index contributed by atoms with van der Waals surface area (Å²) in [5.41, 5.74) is 0.989. The topological polar surface area (TPSA) is 33.2 Å². The molecule has 108 valence electrons. The first-order chi connectivity index (χ1) is 10.2. The maximum absolute atomic E-state index is 13.3. The molecular weight excluding hydrogens is 274 g/mol. The van der Waals surface area contributed by atoms with Crippen molar-refractivity contribution in [1.82, 2.24) is 9.88 Å². The highest BCUT2D eigenvalue weighted by Crippen LogP contribution is 2.32. The molecule has 0 bridgehead atoms. The van der Waals surface area contributed by atoms with Crippen molar-refractivity contribution in [3.63, 3.8) is 0 Å². The van der Waals surface area contributed by atoms with Gasteiger partial charge in [-0.05, 0) is 43.2 Å². The fourth-order valence-corrected chi connectivity index (χ4v) is 2.69. The smallest absolute Gasteiger partial charge is 0.254 e. The molecule has 1 aliphatic rings. The van der Waals surface area contributed by atoms with Crippen LogP contribution in [-0.4, -0.2) is 22.3 Å². The summed E-state index contributed by atoms with van der Waals surface area (Å²) >= 11 is 0. The Kier molecular flexibility index (Phi) is 3.64. The molecular formula is C16H14F2N2O. The normalized spacial score (nSPS) is 18.0. The second kappa shape index (κ2) is 5.60. The van der Waals surface area contributed by atoms with Gasteiger partial charge in [0.25, 0.3) is 5.91 Å². The predicted octanol–water partition coefficient (Wildman–Crippen LogP) is 3.34. The first kappa shape index (κ1) is 13.7. The number of carbonyl (C=O) groups is 1. The van der Waals surface area contributed by atoms with Crippen molar-refractivity contribution < 1.29 is 13.6 Å². The van der Waals surface area contributed by atoms with Crippen molar-refractivity contribution >= 4 is 5.91 Å². The molecule has 0 radical (unpaired) electrons. The van der Waals surface area contributed by atoms with Gasteiger partial charge in [0.15, 0.2) is 11.6 Å². The highest BCUT2D eigenvalue weighted by molar-refractivity contribution is 5.94. The van der Waals surface area contributed by atoms with E-state index >= 15 is 0 Å². The number of benzene rings is 1. The lowest BCUT2D eigenvalue weighted by Gasteiger charge is -2.24. The van der Waals surface area contributed by atoms with Crippen molar-refractivity contribution in [1.29, 1.82) is 0 Å². The SMILES string of the molecule is O=C(c1ccc(F)c(F)c1)N1CCCC1c1ccccn1. The van der Waals surface area contributed by atoms with Crippen LogP contribution in [0.2, 0.25) is 0 Å². The minimum atomic E-state index is -1.01. The van der Waals surface area contributed by atoms with Crippen LogP contribution in [0, 0.1) is 11.6 Å². The van der Waals surface area contributed by atoms with E-state index in [0.29, 0.717) is 6.54 Å². The molecule has 21 heavy (non-hydrogen) atoms. The minimum Gasteiger partial charge on any atom is -0.330 e. The van der Waals surface area contributed by atoms with Crippen LogP contribution >= 0.6 is 0 Å². The van der Waals surface area contributed by atoms with Crippen molar-refractivity contribution in [3.05, 3.63) is 65.5 Å². The van der Waals surface area contributed by atoms with Crippen molar-refractivity contribution in [3.8, 4) is 0 Å². The number of pyridine rings is 1. The van der Waals surface area contributed by atoms with Gasteiger partial charge >= 0.3 is 0 Å². The Morgan fingerprint density at radius 1 is 1.19 bits per heavy atom. The van der Waals surface area contributed by atoms with Gasteiger partial charge in [-0.15, -0.1) is 0 Å². The summed E-state index contributed by atoms with van der Waals surface area (Å²) in [4.78, 5) is 18.5. The Labute approximate surface area is 121 Å². The van der Waals surface area contributed by atoms with Gasteiger partial charge in [0.05, 0.1) is 11.7 Å². The third kappa shape index (κ3) is 2.63. The van der Waals surface area contributed by atoms with E-state index in [2.05, 4.69) is 4.98 Å². The number of rotatable bonds is 2. The average molecular weight is 288 g/mol. The zero-order valence-corrected chi connectivity index (χ0v) is 11.3. The quantitative estimate of drug-likeness (QED) is 0.849. The first-order valence-corrected chi connectivity index (χ1v) is 6.84. The van der Waals surface area contributed by atoms with Crippen molar-refractivity contribution in [2.75, 3.05) is 6.54 Å². The molecule has 1 unspecified atom stereocenters. The third-order valence-corrected chi connectivity index (χ3v) is 3.71. The van der Waals surface area contributed by atoms with Gasteiger partial charge in [0, 0.05) is 18.3 Å². The number of nitrogens with zero attached hydrogens (tertiary/aromatic N) is 2. The highest BCUT2D eigenvalue weighted by atomic mass is 19.2. The number of carbonyl (C=O) groups excluding carboxylic acids is 1. The van der Waals surface area contributed by atoms with Crippen LogP contribution in [0.3, 0.4) is 0 Å². The standard InChI is InChI=1S/C16H14F2N2O/c17-12-7-6-11(10-13(12)18)16(21)20-9-3-5-15(20)14-4-1-2-8-19-14/h1-2,4,6-8,10,15H,3,5,9H2. The molecule has 2 heterocycles. The van der Waals surface area contributed by atoms with Crippen LogP contribution in [0.25, 0.3) is 0 Å². The molecule has 3 rings (SSSR count). The van der Waals surface area contributed by atoms with Crippen molar-refractivity contribution in [2.45, 2.75) is 18.9 Å². The van der Waals surface area contributed by atoms with Crippen LogP contribution in [0.15, 0.2) is 42.6 Å². The number of likely N-dealkylation sites (tertiary alicyclic amines) is 1. The van der Waals surface area contributed by atoms with E-state index < -0.39 is 11.6 Å². The molecule has 1 saturated heterocycles. The molecule has 0 saturated carbocycles. The Morgan fingerprint density at radius 3 is 2.76 bits per heavy atom. The number of amides is 1. The molecule has 0 aliphatic carbocycles. The van der Waals surface area contributed by atoms with Crippen LogP contribution in [0.4, 0.5) is 8.78 Å². The Hall–Kier alpha value is -2.30. The lowest BCUT2D eigenvalue weighted by Crippen LogP contribution is -2.31. The summed E-state index contributed by atoms with van der Waals surface area (Å²) in [5.74, 6) is -2.24. The van der Waals surface area contributed by atoms with E-state index in [1.165, 1.54) is 6.07 Å². The number of halogens is 2. The van der Waals surface area contributed by atoms with E-state index in [4.69, 9.17) is 0 Å². The minimum absolute atomic E-state index is 0.105. The Morgan fingerprint density at radius 2 is 2.05 bits per heavy atom. The van der Waals surface area contributed by atoms with Gasteiger partial charge in [0.1, 0.15) is 0 Å². The molecule has 5 heteroatoms. The lowest BCUT2D eigenvalue weighted by atomic mass is 10.1. The fourth-order valence-electron chi connectivity index (χ4n) is 2.69. The van der Waals surface area contributed by atoms with Gasteiger partial charge in [0.2, 0.25) is 0 Å². The Balaban J connectivity index is 1.88. The van der Waals surface area contributed by atoms with E-state index in [1.807, 2.05) is 18.2 Å². The molecule has 2 aromatic rings. The largest absolute Gasteiger partial charge is 0.330 e. The molecule has 0 N–H and O–H groups in total. The van der Waals surface area contributed by atoms with Crippen LogP contribution in [-0.2, 0) is 0 Å². The third-order valence-electron chi connectivity index (χ3n) is 3.71. The average Bonchev–Trinajstić information content (AvgIpc) is 2.99. The van der Waals surface area contributed by atoms with Crippen LogP contribution in [0.5, 0.6) is 0 Å². The highest BCUT2D eigenvalue weighted by Gasteiger charge is 2.31. The second-order valence-electron chi connectivity index (χ2n) is 5.04. The molecule has 1 amide bonds. The van der Waals surface area contributed by atoms with E-state index in [0.717, 1.165) is 30.7 Å². The Bertz CT molecular complexity index is 661. The molecule has 1 aromatic carbocycles. The van der Waals surface area contributed by atoms with Gasteiger partial charge in [-0.3, -0.25) is 9.78 Å². The van der Waals surface area contributed by atoms with Gasteiger partial charge < -0.3 is 4.90 Å². The molecule has 1 atom stereocenters. The summed E-state index contributed by atoms with van der Waals surface area (Å²) in [6.07, 6.45) is 3.39. The van der Waals surface area contributed by atoms with E-state index in [9.17, 15) is 13.6 Å². The number of hydrogen-bond acceptors (Lipinski definition) is 2. The van der Waals surface area contributed by atoms with E-state index in [-0.39, 0.29) is 17.5 Å². The molecule has 1 aliphatic heterocycles. The van der Waals surface area contributed by atoms with Gasteiger partial charge in [-0.25, -0.2) is 8.78 Å². The maximum Gasteiger partial charge on any atom is 0.254 e. The number of hydrogen-bond donors (Lipinski definition) is 0. The molecule has 3 nitrogen and oxygen atoms in total. The fraction of sp³-hybridized carbons (Fsp3) is 0.250. The van der Waals surface area contributed by atoms with Crippen LogP contribution < -0.4 is 0 Å². The van der Waals surface area contributed by atoms with Crippen LogP contribution in [0.1, 0.15) is 34.9 Å². The van der Waals surface area contributed by atoms with Gasteiger partial charge in [-0.1, -0.05) is 6.07 Å². The zero-order valence-electron chi connectivity index (χ0n) is 11.3. The molecule has 0 spiro atoms. The monoisotopic (exact) mass is 288 g/mol. The van der Waals surface area contributed by atoms with Gasteiger partial charge in [-0.2, -0.15) is 0 Å². The lowest BCUT2D eigenvalue weighted by molar-refractivity contribution is 0.0732. The molecule has 1 fully saturated rings. The summed E-state index contributed by atoms with van der Waals surface area (Å²) in [7, 11) is 0. The summed E-state index contributed by atoms with van der Waals surface area (Å²) in [6, 6.07) is 8.71. The first-order valence-electron chi connectivity index (χ1n) is 6.84. The summed E-state index contributed by atoms with van der Waals surface area (Å²) < 4.78 is 26.3.